The first-order chi connectivity index (χ1) is 20.1. The molecule has 2 heteroatoms. The molecule has 7 aromatic rings. The monoisotopic (exact) mass is 524 g/mol. The lowest BCUT2D eigenvalue weighted by molar-refractivity contribution is 0.661. The zero-order chi connectivity index (χ0) is 27.6. The molecule has 5 aromatic carbocycles. The number of benzene rings is 5. The van der Waals surface area contributed by atoms with Crippen LogP contribution in [-0.2, 0) is 5.41 Å². The molecule has 0 amide bonds. The molecule has 0 atom stereocenters. The predicted molar refractivity (Wildman–Crippen MR) is 171 cm³/mol. The van der Waals surface area contributed by atoms with Crippen molar-refractivity contribution in [1.29, 1.82) is 0 Å². The van der Waals surface area contributed by atoms with Gasteiger partial charge in [0.1, 0.15) is 0 Å². The molecule has 1 aliphatic carbocycles. The van der Waals surface area contributed by atoms with Crippen molar-refractivity contribution in [2.75, 3.05) is 0 Å². The SMILES string of the molecule is CC1(C)c2ccccc2-c2c1cc1ccccc1c2-c1cc2ncccc2c(-c2ccc(-c3ccccc3)cc2)n1. The van der Waals surface area contributed by atoms with Crippen molar-refractivity contribution in [3.8, 4) is 44.8 Å². The Morgan fingerprint density at radius 2 is 1.22 bits per heavy atom. The largest absolute Gasteiger partial charge is 0.256 e. The van der Waals surface area contributed by atoms with Crippen molar-refractivity contribution in [3.63, 3.8) is 0 Å². The lowest BCUT2D eigenvalue weighted by atomic mass is 9.81. The van der Waals surface area contributed by atoms with Crippen LogP contribution in [0.25, 0.3) is 66.4 Å². The van der Waals surface area contributed by atoms with E-state index in [0.717, 1.165) is 27.9 Å². The molecule has 0 saturated heterocycles. The summed E-state index contributed by atoms with van der Waals surface area (Å²) in [6.45, 7) is 4.68. The van der Waals surface area contributed by atoms with Gasteiger partial charge in [0.15, 0.2) is 0 Å². The van der Waals surface area contributed by atoms with Gasteiger partial charge in [0.25, 0.3) is 0 Å². The maximum Gasteiger partial charge on any atom is 0.0803 e. The van der Waals surface area contributed by atoms with E-state index in [0.29, 0.717) is 0 Å². The molecular formula is C39H28N2. The molecule has 0 fully saturated rings. The van der Waals surface area contributed by atoms with E-state index in [1.807, 2.05) is 12.3 Å². The van der Waals surface area contributed by atoms with Crippen LogP contribution in [0.4, 0.5) is 0 Å². The minimum absolute atomic E-state index is 0.101. The highest BCUT2D eigenvalue weighted by Gasteiger charge is 2.38. The number of fused-ring (bicyclic) bond motifs is 5. The maximum atomic E-state index is 5.45. The normalized spacial score (nSPS) is 13.3. The van der Waals surface area contributed by atoms with E-state index in [2.05, 4.69) is 135 Å². The van der Waals surface area contributed by atoms with Crippen LogP contribution in [0.5, 0.6) is 0 Å². The smallest absolute Gasteiger partial charge is 0.0803 e. The number of pyridine rings is 2. The van der Waals surface area contributed by atoms with Crippen molar-refractivity contribution in [1.82, 2.24) is 9.97 Å². The molecule has 0 spiro atoms. The fourth-order valence-electron chi connectivity index (χ4n) is 6.65. The average Bonchev–Trinajstić information content (AvgIpc) is 3.26. The molecule has 0 N–H and O–H groups in total. The van der Waals surface area contributed by atoms with E-state index in [4.69, 9.17) is 9.97 Å². The van der Waals surface area contributed by atoms with E-state index in [1.165, 1.54) is 49.7 Å². The molecule has 0 unspecified atom stereocenters. The molecule has 0 aliphatic heterocycles. The quantitative estimate of drug-likeness (QED) is 0.230. The molecule has 0 saturated carbocycles. The second-order valence-electron chi connectivity index (χ2n) is 11.4. The van der Waals surface area contributed by atoms with Gasteiger partial charge in [-0.2, -0.15) is 0 Å². The summed E-state index contributed by atoms with van der Waals surface area (Å²) in [5.74, 6) is 0. The van der Waals surface area contributed by atoms with Gasteiger partial charge in [-0.15, -0.1) is 0 Å². The molecule has 2 heterocycles. The van der Waals surface area contributed by atoms with Crippen LogP contribution in [0.2, 0.25) is 0 Å². The fourth-order valence-corrected chi connectivity index (χ4v) is 6.65. The lowest BCUT2D eigenvalue weighted by Gasteiger charge is -2.23. The number of rotatable bonds is 3. The second kappa shape index (κ2) is 8.97. The topological polar surface area (TPSA) is 25.8 Å². The van der Waals surface area contributed by atoms with Crippen molar-refractivity contribution >= 4 is 21.7 Å². The first kappa shape index (κ1) is 23.8. The third kappa shape index (κ3) is 3.64. The molecule has 2 nitrogen and oxygen atoms in total. The Kier molecular flexibility index (Phi) is 5.20. The molecular weight excluding hydrogens is 496 g/mol. The van der Waals surface area contributed by atoms with Gasteiger partial charge in [0.05, 0.1) is 16.9 Å². The highest BCUT2D eigenvalue weighted by Crippen LogP contribution is 2.54. The van der Waals surface area contributed by atoms with Gasteiger partial charge in [-0.05, 0) is 68.4 Å². The van der Waals surface area contributed by atoms with E-state index < -0.39 is 0 Å². The van der Waals surface area contributed by atoms with E-state index in [1.54, 1.807) is 0 Å². The Labute approximate surface area is 240 Å². The third-order valence-electron chi connectivity index (χ3n) is 8.71. The summed E-state index contributed by atoms with van der Waals surface area (Å²) in [5, 5.41) is 3.51. The predicted octanol–water partition coefficient (Wildman–Crippen LogP) is 10.1. The summed E-state index contributed by atoms with van der Waals surface area (Å²) < 4.78 is 0. The van der Waals surface area contributed by atoms with Gasteiger partial charge < -0.3 is 0 Å². The van der Waals surface area contributed by atoms with E-state index in [-0.39, 0.29) is 5.41 Å². The second-order valence-corrected chi connectivity index (χ2v) is 11.4. The first-order valence-corrected chi connectivity index (χ1v) is 14.2. The van der Waals surface area contributed by atoms with Gasteiger partial charge in [-0.1, -0.05) is 117 Å². The standard InChI is InChI=1S/C39H28N2/c1-39(2)32-17-9-8-15-30(32)36-33(39)23-28-13-6-7-14-29(28)37(36)35-24-34-31(16-10-22-40-34)38(41-35)27-20-18-26(19-21-27)25-11-4-3-5-12-25/h3-24H,1-2H3. The first-order valence-electron chi connectivity index (χ1n) is 14.2. The van der Waals surface area contributed by atoms with Crippen LogP contribution in [0.1, 0.15) is 25.0 Å². The zero-order valence-electron chi connectivity index (χ0n) is 23.1. The van der Waals surface area contributed by atoms with Crippen molar-refractivity contribution in [2.45, 2.75) is 19.3 Å². The Morgan fingerprint density at radius 1 is 0.537 bits per heavy atom. The molecule has 1 aliphatic rings. The van der Waals surface area contributed by atoms with Gasteiger partial charge in [0, 0.05) is 28.1 Å². The molecule has 194 valence electrons. The number of hydrogen-bond donors (Lipinski definition) is 0. The molecule has 0 bridgehead atoms. The van der Waals surface area contributed by atoms with E-state index >= 15 is 0 Å². The summed E-state index contributed by atoms with van der Waals surface area (Å²) in [4.78, 5) is 10.3. The minimum atomic E-state index is -0.101. The fraction of sp³-hybridized carbons (Fsp3) is 0.0769. The highest BCUT2D eigenvalue weighted by molar-refractivity contribution is 6.09. The molecule has 0 radical (unpaired) electrons. The summed E-state index contributed by atoms with van der Waals surface area (Å²) >= 11 is 0. The maximum absolute atomic E-state index is 5.45. The number of aromatic nitrogens is 2. The summed E-state index contributed by atoms with van der Waals surface area (Å²) in [6, 6.07) is 45.5. The van der Waals surface area contributed by atoms with Gasteiger partial charge in [0.2, 0.25) is 0 Å². The number of hydrogen-bond acceptors (Lipinski definition) is 2. The van der Waals surface area contributed by atoms with Gasteiger partial charge >= 0.3 is 0 Å². The van der Waals surface area contributed by atoms with Crippen LogP contribution in [0.3, 0.4) is 0 Å². The number of nitrogens with zero attached hydrogens (tertiary/aromatic N) is 2. The Bertz CT molecular complexity index is 2110. The van der Waals surface area contributed by atoms with Crippen LogP contribution in [0, 0.1) is 0 Å². The lowest BCUT2D eigenvalue weighted by Crippen LogP contribution is -2.15. The van der Waals surface area contributed by atoms with Gasteiger partial charge in [-0.25, -0.2) is 4.98 Å². The van der Waals surface area contributed by atoms with Crippen LogP contribution >= 0.6 is 0 Å². The third-order valence-corrected chi connectivity index (χ3v) is 8.71. The average molecular weight is 525 g/mol. The van der Waals surface area contributed by atoms with Crippen LogP contribution < -0.4 is 0 Å². The van der Waals surface area contributed by atoms with Crippen molar-refractivity contribution in [2.24, 2.45) is 0 Å². The zero-order valence-corrected chi connectivity index (χ0v) is 23.1. The van der Waals surface area contributed by atoms with E-state index in [9.17, 15) is 0 Å². The van der Waals surface area contributed by atoms with Crippen LogP contribution in [0.15, 0.2) is 134 Å². The Hall–Kier alpha value is -5.08. The Balaban J connectivity index is 1.42. The highest BCUT2D eigenvalue weighted by atomic mass is 14.8. The summed E-state index contributed by atoms with van der Waals surface area (Å²) in [7, 11) is 0. The minimum Gasteiger partial charge on any atom is -0.256 e. The Morgan fingerprint density at radius 3 is 2.07 bits per heavy atom. The molecule has 2 aromatic heterocycles. The summed E-state index contributed by atoms with van der Waals surface area (Å²) in [5.41, 5.74) is 12.7. The summed E-state index contributed by atoms with van der Waals surface area (Å²) in [6.07, 6.45) is 1.88. The molecule has 41 heavy (non-hydrogen) atoms. The molecule has 8 rings (SSSR count). The van der Waals surface area contributed by atoms with Crippen molar-refractivity contribution in [3.05, 3.63) is 145 Å². The van der Waals surface area contributed by atoms with Crippen LogP contribution in [-0.4, -0.2) is 9.97 Å². The van der Waals surface area contributed by atoms with Gasteiger partial charge in [-0.3, -0.25) is 4.98 Å². The van der Waals surface area contributed by atoms with Crippen molar-refractivity contribution < 1.29 is 0 Å².